The van der Waals surface area contributed by atoms with Gasteiger partial charge in [-0.2, -0.15) is 0 Å². The summed E-state index contributed by atoms with van der Waals surface area (Å²) in [5, 5.41) is 0. The van der Waals surface area contributed by atoms with E-state index >= 15 is 0 Å². The predicted octanol–water partition coefficient (Wildman–Crippen LogP) is 3.32. The molecule has 0 radical (unpaired) electrons. The van der Waals surface area contributed by atoms with Crippen molar-refractivity contribution < 1.29 is 4.74 Å². The van der Waals surface area contributed by atoms with Gasteiger partial charge in [-0.05, 0) is 57.2 Å². The number of hydrogen-bond acceptors (Lipinski definition) is 3. The van der Waals surface area contributed by atoms with E-state index in [9.17, 15) is 0 Å². The first kappa shape index (κ1) is 15.3. The van der Waals surface area contributed by atoms with Crippen LogP contribution >= 0.6 is 0 Å². The highest BCUT2D eigenvalue weighted by Crippen LogP contribution is 2.21. The van der Waals surface area contributed by atoms with Crippen molar-refractivity contribution in [2.45, 2.75) is 58.2 Å². The molecule has 0 spiro atoms. The van der Waals surface area contributed by atoms with Crippen molar-refractivity contribution in [3.63, 3.8) is 0 Å². The predicted molar refractivity (Wildman–Crippen MR) is 85.0 cm³/mol. The molecule has 3 nitrogen and oxygen atoms in total. The van der Waals surface area contributed by atoms with E-state index in [1.165, 1.54) is 36.9 Å². The van der Waals surface area contributed by atoms with E-state index in [0.717, 1.165) is 13.2 Å². The molecule has 0 bridgehead atoms. The lowest BCUT2D eigenvalue weighted by molar-refractivity contribution is 0.103. The second kappa shape index (κ2) is 7.65. The SMILES string of the molecule is CC(C)N(CCCC1CCCO1)c1ccc(CN)cc1. The number of anilines is 1. The van der Waals surface area contributed by atoms with Crippen LogP contribution in [0.1, 0.15) is 45.1 Å². The van der Waals surface area contributed by atoms with E-state index in [4.69, 9.17) is 10.5 Å². The average Bonchev–Trinajstić information content (AvgIpc) is 2.97. The van der Waals surface area contributed by atoms with Crippen LogP contribution in [0.2, 0.25) is 0 Å². The minimum Gasteiger partial charge on any atom is -0.378 e. The van der Waals surface area contributed by atoms with Crippen LogP contribution in [0, 0.1) is 0 Å². The summed E-state index contributed by atoms with van der Waals surface area (Å²) < 4.78 is 5.70. The summed E-state index contributed by atoms with van der Waals surface area (Å²) in [5.41, 5.74) is 8.15. The zero-order chi connectivity index (χ0) is 14.4. The van der Waals surface area contributed by atoms with E-state index in [0.29, 0.717) is 18.7 Å². The summed E-state index contributed by atoms with van der Waals surface area (Å²) in [6, 6.07) is 9.15. The molecular formula is C17H28N2O. The summed E-state index contributed by atoms with van der Waals surface area (Å²) in [6.45, 7) is 7.17. The van der Waals surface area contributed by atoms with Crippen LogP contribution in [0.25, 0.3) is 0 Å². The topological polar surface area (TPSA) is 38.5 Å². The lowest BCUT2D eigenvalue weighted by atomic mass is 10.1. The quantitative estimate of drug-likeness (QED) is 0.830. The van der Waals surface area contributed by atoms with Crippen LogP contribution < -0.4 is 10.6 Å². The average molecular weight is 276 g/mol. The Labute approximate surface area is 123 Å². The number of ether oxygens (including phenoxy) is 1. The second-order valence-electron chi connectivity index (χ2n) is 5.93. The Morgan fingerprint density at radius 3 is 2.60 bits per heavy atom. The summed E-state index contributed by atoms with van der Waals surface area (Å²) in [6.07, 6.45) is 5.36. The minimum absolute atomic E-state index is 0.503. The van der Waals surface area contributed by atoms with E-state index in [1.807, 2.05) is 0 Å². The molecule has 112 valence electrons. The van der Waals surface area contributed by atoms with Crippen LogP contribution in [0.3, 0.4) is 0 Å². The first-order valence-electron chi connectivity index (χ1n) is 7.88. The van der Waals surface area contributed by atoms with Crippen molar-refractivity contribution in [3.05, 3.63) is 29.8 Å². The molecule has 1 unspecified atom stereocenters. The zero-order valence-corrected chi connectivity index (χ0v) is 12.8. The lowest BCUT2D eigenvalue weighted by Crippen LogP contribution is -2.32. The van der Waals surface area contributed by atoms with Gasteiger partial charge in [0, 0.05) is 31.4 Å². The van der Waals surface area contributed by atoms with E-state index in [2.05, 4.69) is 43.0 Å². The molecule has 2 N–H and O–H groups in total. The Bertz CT molecular complexity index is 382. The molecule has 1 aromatic carbocycles. The number of nitrogens with zero attached hydrogens (tertiary/aromatic N) is 1. The number of rotatable bonds is 7. The van der Waals surface area contributed by atoms with Gasteiger partial charge in [0.1, 0.15) is 0 Å². The Morgan fingerprint density at radius 2 is 2.05 bits per heavy atom. The maximum Gasteiger partial charge on any atom is 0.0576 e. The van der Waals surface area contributed by atoms with Gasteiger partial charge in [-0.1, -0.05) is 12.1 Å². The largest absolute Gasteiger partial charge is 0.378 e. The van der Waals surface area contributed by atoms with Crippen molar-refractivity contribution in [3.8, 4) is 0 Å². The Hall–Kier alpha value is -1.06. The zero-order valence-electron chi connectivity index (χ0n) is 12.8. The summed E-state index contributed by atoms with van der Waals surface area (Å²) in [5.74, 6) is 0. The molecule has 3 heteroatoms. The normalized spacial score (nSPS) is 18.7. The number of benzene rings is 1. The summed E-state index contributed by atoms with van der Waals surface area (Å²) in [4.78, 5) is 2.47. The van der Waals surface area contributed by atoms with Gasteiger partial charge in [-0.15, -0.1) is 0 Å². The monoisotopic (exact) mass is 276 g/mol. The molecule has 2 rings (SSSR count). The fraction of sp³-hybridized carbons (Fsp3) is 0.647. The summed E-state index contributed by atoms with van der Waals surface area (Å²) >= 11 is 0. The highest BCUT2D eigenvalue weighted by molar-refractivity contribution is 5.48. The third-order valence-corrected chi connectivity index (χ3v) is 4.08. The molecule has 1 heterocycles. The van der Waals surface area contributed by atoms with Crippen molar-refractivity contribution in [2.24, 2.45) is 5.73 Å². The fourth-order valence-corrected chi connectivity index (χ4v) is 2.87. The van der Waals surface area contributed by atoms with Crippen molar-refractivity contribution in [1.82, 2.24) is 0 Å². The van der Waals surface area contributed by atoms with E-state index in [-0.39, 0.29) is 0 Å². The Balaban J connectivity index is 1.88. The highest BCUT2D eigenvalue weighted by atomic mass is 16.5. The molecule has 1 fully saturated rings. The van der Waals surface area contributed by atoms with Gasteiger partial charge in [0.15, 0.2) is 0 Å². The molecule has 0 saturated carbocycles. The molecule has 1 aliphatic heterocycles. The minimum atomic E-state index is 0.503. The third-order valence-electron chi connectivity index (χ3n) is 4.08. The molecule has 1 atom stereocenters. The van der Waals surface area contributed by atoms with Crippen LogP contribution in [-0.4, -0.2) is 25.3 Å². The van der Waals surface area contributed by atoms with E-state index < -0.39 is 0 Å². The molecule has 0 amide bonds. The van der Waals surface area contributed by atoms with Crippen molar-refractivity contribution >= 4 is 5.69 Å². The maximum atomic E-state index is 5.70. The van der Waals surface area contributed by atoms with Crippen LogP contribution in [-0.2, 0) is 11.3 Å². The standard InChI is InChI=1S/C17H28N2O/c1-14(2)19(11-3-5-17-6-4-12-20-17)16-9-7-15(13-18)8-10-16/h7-10,14,17H,3-6,11-13,18H2,1-2H3. The van der Waals surface area contributed by atoms with Crippen molar-refractivity contribution in [2.75, 3.05) is 18.1 Å². The fourth-order valence-electron chi connectivity index (χ4n) is 2.87. The number of nitrogens with two attached hydrogens (primary N) is 1. The molecule has 20 heavy (non-hydrogen) atoms. The van der Waals surface area contributed by atoms with Gasteiger partial charge < -0.3 is 15.4 Å². The second-order valence-corrected chi connectivity index (χ2v) is 5.93. The molecule has 0 aliphatic carbocycles. The van der Waals surface area contributed by atoms with Gasteiger partial charge >= 0.3 is 0 Å². The van der Waals surface area contributed by atoms with Gasteiger partial charge in [0.25, 0.3) is 0 Å². The van der Waals surface area contributed by atoms with Gasteiger partial charge in [0.05, 0.1) is 6.10 Å². The third kappa shape index (κ3) is 4.22. The molecule has 0 aromatic heterocycles. The maximum absolute atomic E-state index is 5.70. The van der Waals surface area contributed by atoms with Crippen molar-refractivity contribution in [1.29, 1.82) is 0 Å². The Morgan fingerprint density at radius 1 is 1.30 bits per heavy atom. The first-order valence-corrected chi connectivity index (χ1v) is 7.88. The lowest BCUT2D eigenvalue weighted by Gasteiger charge is -2.29. The van der Waals surface area contributed by atoms with Crippen LogP contribution in [0.15, 0.2) is 24.3 Å². The van der Waals surface area contributed by atoms with E-state index in [1.54, 1.807) is 0 Å². The number of hydrogen-bond donors (Lipinski definition) is 1. The molecular weight excluding hydrogens is 248 g/mol. The Kier molecular flexibility index (Phi) is 5.86. The molecule has 1 saturated heterocycles. The first-order chi connectivity index (χ1) is 9.70. The summed E-state index contributed by atoms with van der Waals surface area (Å²) in [7, 11) is 0. The van der Waals surface area contributed by atoms with Crippen LogP contribution in [0.4, 0.5) is 5.69 Å². The van der Waals surface area contributed by atoms with Gasteiger partial charge in [-0.3, -0.25) is 0 Å². The van der Waals surface area contributed by atoms with Gasteiger partial charge in [0.2, 0.25) is 0 Å². The van der Waals surface area contributed by atoms with Gasteiger partial charge in [-0.25, -0.2) is 0 Å². The highest BCUT2D eigenvalue weighted by Gasteiger charge is 2.16. The molecule has 1 aromatic rings. The van der Waals surface area contributed by atoms with Crippen LogP contribution in [0.5, 0.6) is 0 Å². The smallest absolute Gasteiger partial charge is 0.0576 e. The molecule has 1 aliphatic rings.